The van der Waals surface area contributed by atoms with Crippen LogP contribution in [-0.2, 0) is 21.1 Å². The Kier molecular flexibility index (Phi) is 7.27. The molecule has 0 heterocycles. The summed E-state index contributed by atoms with van der Waals surface area (Å²) in [5.74, 6) is 0. The summed E-state index contributed by atoms with van der Waals surface area (Å²) >= 11 is 15.4. The highest BCUT2D eigenvalue weighted by Crippen LogP contribution is 2.57. The fourth-order valence-corrected chi connectivity index (χ4v) is 1.29. The van der Waals surface area contributed by atoms with Gasteiger partial charge in [0.15, 0.2) is 0 Å². The Morgan fingerprint density at radius 2 is 1.91 bits per heavy atom. The lowest BCUT2D eigenvalue weighted by Crippen LogP contribution is -2.04. The molecule has 0 atom stereocenters. The molecule has 0 unspecified atom stereocenters. The number of aliphatic hydroxyl groups excluding tert-OH is 1. The molecule has 68 valence electrons. The predicted molar refractivity (Wildman–Crippen MR) is 49.8 cm³/mol. The highest BCUT2D eigenvalue weighted by molar-refractivity contribution is 8.36. The van der Waals surface area contributed by atoms with Crippen molar-refractivity contribution >= 4 is 39.3 Å². The average molecular weight is 239 g/mol. The summed E-state index contributed by atoms with van der Waals surface area (Å²) in [4.78, 5) is -2.58. The SMILES string of the molecule is OCCOCCOP(=S)(Cl)Cl. The molecule has 0 bridgehead atoms. The van der Waals surface area contributed by atoms with Gasteiger partial charge < -0.3 is 14.4 Å². The Morgan fingerprint density at radius 1 is 1.27 bits per heavy atom. The van der Waals surface area contributed by atoms with E-state index in [2.05, 4.69) is 11.8 Å². The summed E-state index contributed by atoms with van der Waals surface area (Å²) in [5, 5.41) is 8.29. The predicted octanol–water partition coefficient (Wildman–Crippen LogP) is 1.71. The maximum absolute atomic E-state index is 8.29. The molecule has 0 aliphatic heterocycles. The van der Waals surface area contributed by atoms with Gasteiger partial charge in [-0.3, -0.25) is 0 Å². The van der Waals surface area contributed by atoms with Crippen molar-refractivity contribution in [2.45, 2.75) is 0 Å². The van der Waals surface area contributed by atoms with E-state index in [0.717, 1.165) is 0 Å². The molecule has 0 saturated carbocycles. The topological polar surface area (TPSA) is 38.7 Å². The van der Waals surface area contributed by atoms with E-state index in [4.69, 9.17) is 36.8 Å². The molecule has 0 aromatic carbocycles. The van der Waals surface area contributed by atoms with Crippen LogP contribution in [0.25, 0.3) is 0 Å². The van der Waals surface area contributed by atoms with Crippen LogP contribution in [-0.4, -0.2) is 31.5 Å². The molecular weight excluding hydrogens is 230 g/mol. The summed E-state index contributed by atoms with van der Waals surface area (Å²) < 4.78 is 9.68. The van der Waals surface area contributed by atoms with E-state index in [0.29, 0.717) is 6.61 Å². The summed E-state index contributed by atoms with van der Waals surface area (Å²) in [5.41, 5.74) is 0. The van der Waals surface area contributed by atoms with Gasteiger partial charge in [0.2, 0.25) is 4.97 Å². The van der Waals surface area contributed by atoms with Crippen LogP contribution in [0.3, 0.4) is 0 Å². The van der Waals surface area contributed by atoms with Crippen LogP contribution in [0.15, 0.2) is 0 Å². The van der Waals surface area contributed by atoms with Gasteiger partial charge in [-0.05, 0) is 34.3 Å². The van der Waals surface area contributed by atoms with Crippen molar-refractivity contribution < 1.29 is 14.4 Å². The van der Waals surface area contributed by atoms with E-state index in [9.17, 15) is 0 Å². The number of hydrogen-bond donors (Lipinski definition) is 1. The molecule has 11 heavy (non-hydrogen) atoms. The molecule has 3 nitrogen and oxygen atoms in total. The first-order valence-electron chi connectivity index (χ1n) is 2.89. The minimum Gasteiger partial charge on any atom is -0.394 e. The minimum absolute atomic E-state index is 0.00406. The van der Waals surface area contributed by atoms with Crippen molar-refractivity contribution in [3.8, 4) is 0 Å². The van der Waals surface area contributed by atoms with Crippen molar-refractivity contribution in [2.75, 3.05) is 26.4 Å². The third kappa shape index (κ3) is 11.1. The van der Waals surface area contributed by atoms with Gasteiger partial charge in [-0.15, -0.1) is 0 Å². The van der Waals surface area contributed by atoms with Gasteiger partial charge in [0.05, 0.1) is 26.4 Å². The molecule has 0 aliphatic carbocycles. The normalized spacial score (nSPS) is 11.9. The second-order valence-electron chi connectivity index (χ2n) is 1.58. The van der Waals surface area contributed by atoms with Crippen molar-refractivity contribution in [1.29, 1.82) is 0 Å². The van der Waals surface area contributed by atoms with Gasteiger partial charge in [0.25, 0.3) is 0 Å². The average Bonchev–Trinajstić information content (AvgIpc) is 1.85. The Balaban J connectivity index is 3.09. The molecule has 1 N–H and O–H groups in total. The molecule has 0 spiro atoms. The second kappa shape index (κ2) is 6.61. The van der Waals surface area contributed by atoms with Crippen LogP contribution in [0.2, 0.25) is 0 Å². The first-order valence-corrected chi connectivity index (χ1v) is 7.42. The zero-order valence-corrected chi connectivity index (χ0v) is 8.93. The largest absolute Gasteiger partial charge is 0.394 e. The monoisotopic (exact) mass is 238 g/mol. The summed E-state index contributed by atoms with van der Waals surface area (Å²) in [6.45, 7) is 0.898. The highest BCUT2D eigenvalue weighted by Gasteiger charge is 2.06. The molecule has 0 fully saturated rings. The summed E-state index contributed by atoms with van der Waals surface area (Å²) in [7, 11) is 0. The number of hydrogen-bond acceptors (Lipinski definition) is 4. The van der Waals surface area contributed by atoms with Gasteiger partial charge in [-0.1, -0.05) is 0 Å². The van der Waals surface area contributed by atoms with E-state index >= 15 is 0 Å². The molecule has 0 radical (unpaired) electrons. The van der Waals surface area contributed by atoms with Gasteiger partial charge in [-0.25, -0.2) is 0 Å². The quantitative estimate of drug-likeness (QED) is 0.565. The lowest BCUT2D eigenvalue weighted by atomic mass is 10.7. The van der Waals surface area contributed by atoms with Crippen LogP contribution in [0.5, 0.6) is 0 Å². The van der Waals surface area contributed by atoms with Crippen molar-refractivity contribution in [1.82, 2.24) is 0 Å². The molecule has 0 amide bonds. The minimum atomic E-state index is -2.58. The number of ether oxygens (including phenoxy) is 1. The Bertz CT molecular complexity index is 139. The molecule has 7 heteroatoms. The van der Waals surface area contributed by atoms with E-state index in [1.165, 1.54) is 0 Å². The Hall–Kier alpha value is 1.11. The first kappa shape index (κ1) is 12.1. The zero-order chi connectivity index (χ0) is 8.74. The van der Waals surface area contributed by atoms with Crippen molar-refractivity contribution in [3.63, 3.8) is 0 Å². The lowest BCUT2D eigenvalue weighted by Gasteiger charge is -2.06. The van der Waals surface area contributed by atoms with Crippen LogP contribution in [0.4, 0.5) is 0 Å². The number of rotatable bonds is 6. The Morgan fingerprint density at radius 3 is 2.36 bits per heavy atom. The smallest absolute Gasteiger partial charge is 0.240 e. The fourth-order valence-electron chi connectivity index (χ4n) is 0.369. The zero-order valence-electron chi connectivity index (χ0n) is 5.70. The molecule has 0 aromatic heterocycles. The van der Waals surface area contributed by atoms with Gasteiger partial charge in [0, 0.05) is 0 Å². The number of aliphatic hydroxyl groups is 1. The van der Waals surface area contributed by atoms with Crippen LogP contribution in [0.1, 0.15) is 0 Å². The van der Waals surface area contributed by atoms with E-state index in [1.54, 1.807) is 0 Å². The maximum atomic E-state index is 8.29. The van der Waals surface area contributed by atoms with Crippen LogP contribution in [0, 0.1) is 0 Å². The lowest BCUT2D eigenvalue weighted by molar-refractivity contribution is 0.0739. The third-order valence-corrected chi connectivity index (χ3v) is 2.09. The highest BCUT2D eigenvalue weighted by atomic mass is 35.9. The molecule has 0 aliphatic rings. The van der Waals surface area contributed by atoms with E-state index in [1.807, 2.05) is 0 Å². The third-order valence-electron chi connectivity index (χ3n) is 0.705. The standard InChI is InChI=1S/C4H9Cl2O3PS/c5-10(6,11)9-4-3-8-2-1-7/h7H,1-4H2. The molecule has 0 saturated heterocycles. The Labute approximate surface area is 80.3 Å². The van der Waals surface area contributed by atoms with Gasteiger partial charge >= 0.3 is 0 Å². The van der Waals surface area contributed by atoms with E-state index < -0.39 is 4.97 Å². The van der Waals surface area contributed by atoms with Gasteiger partial charge in [-0.2, -0.15) is 0 Å². The van der Waals surface area contributed by atoms with E-state index in [-0.39, 0.29) is 19.8 Å². The summed E-state index contributed by atoms with van der Waals surface area (Å²) in [6.07, 6.45) is 0. The van der Waals surface area contributed by atoms with Crippen molar-refractivity contribution in [3.05, 3.63) is 0 Å². The van der Waals surface area contributed by atoms with Gasteiger partial charge in [0.1, 0.15) is 0 Å². The fraction of sp³-hybridized carbons (Fsp3) is 1.00. The number of halogens is 2. The maximum Gasteiger partial charge on any atom is 0.240 e. The molecule has 0 rings (SSSR count). The second-order valence-corrected chi connectivity index (χ2v) is 8.79. The summed E-state index contributed by atoms with van der Waals surface area (Å²) in [6, 6.07) is 0. The first-order chi connectivity index (χ1) is 5.06. The van der Waals surface area contributed by atoms with Crippen LogP contribution < -0.4 is 0 Å². The molecule has 0 aromatic rings. The molecular formula is C4H9Cl2O3PS. The van der Waals surface area contributed by atoms with Crippen LogP contribution >= 0.6 is 27.5 Å². The van der Waals surface area contributed by atoms with Crippen molar-refractivity contribution in [2.24, 2.45) is 0 Å².